The van der Waals surface area contributed by atoms with Gasteiger partial charge in [-0.25, -0.2) is 4.79 Å². The van der Waals surface area contributed by atoms with Crippen molar-refractivity contribution in [1.29, 1.82) is 0 Å². The zero-order valence-electron chi connectivity index (χ0n) is 14.5. The molecule has 28 heavy (non-hydrogen) atoms. The van der Waals surface area contributed by atoms with Crippen LogP contribution < -0.4 is 10.1 Å². The number of benzene rings is 2. The van der Waals surface area contributed by atoms with Crippen molar-refractivity contribution < 1.29 is 19.1 Å². The Kier molecular flexibility index (Phi) is 4.81. The molecule has 0 fully saturated rings. The molecule has 2 aromatic carbocycles. The fourth-order valence-corrected chi connectivity index (χ4v) is 3.48. The lowest BCUT2D eigenvalue weighted by molar-refractivity contribution is 0.0656. The topological polar surface area (TPSA) is 101 Å². The molecule has 0 atom stereocenters. The summed E-state index contributed by atoms with van der Waals surface area (Å²) in [6.07, 6.45) is -0.326. The number of hydrogen-bond donors (Lipinski definition) is 1. The molecular formula is C19H14N4O4S. The van der Waals surface area contributed by atoms with Crippen molar-refractivity contribution in [2.45, 2.75) is 6.42 Å². The number of carbonyl (C=O) groups is 3. The Balaban J connectivity index is 1.34. The van der Waals surface area contributed by atoms with Crippen LogP contribution in [-0.2, 0) is 6.42 Å². The summed E-state index contributed by atoms with van der Waals surface area (Å²) in [5.41, 5.74) is 0.826. The van der Waals surface area contributed by atoms with Crippen molar-refractivity contribution in [3.05, 3.63) is 70.7 Å². The lowest BCUT2D eigenvalue weighted by atomic mass is 10.1. The third-order valence-electron chi connectivity index (χ3n) is 4.06. The third kappa shape index (κ3) is 3.60. The highest BCUT2D eigenvalue weighted by atomic mass is 32.1. The summed E-state index contributed by atoms with van der Waals surface area (Å²) in [6, 6.07) is 15.4. The van der Waals surface area contributed by atoms with Gasteiger partial charge >= 0.3 is 6.09 Å². The average molecular weight is 394 g/mol. The van der Waals surface area contributed by atoms with Gasteiger partial charge in [0.05, 0.1) is 11.1 Å². The van der Waals surface area contributed by atoms with Crippen LogP contribution in [0.2, 0.25) is 0 Å². The Morgan fingerprint density at radius 3 is 2.29 bits per heavy atom. The van der Waals surface area contributed by atoms with Crippen molar-refractivity contribution in [3.63, 3.8) is 0 Å². The van der Waals surface area contributed by atoms with Gasteiger partial charge in [-0.1, -0.05) is 41.7 Å². The van der Waals surface area contributed by atoms with Crippen LogP contribution in [0.15, 0.2) is 54.6 Å². The number of para-hydroxylation sites is 1. The molecule has 4 rings (SSSR count). The molecule has 1 aliphatic rings. The highest BCUT2D eigenvalue weighted by Crippen LogP contribution is 2.23. The van der Waals surface area contributed by atoms with Crippen LogP contribution in [0, 0.1) is 0 Å². The highest BCUT2D eigenvalue weighted by molar-refractivity contribution is 7.15. The molecule has 1 aliphatic heterocycles. The second kappa shape index (κ2) is 7.57. The van der Waals surface area contributed by atoms with E-state index in [9.17, 15) is 14.4 Å². The summed E-state index contributed by atoms with van der Waals surface area (Å²) < 4.78 is 5.12. The molecule has 0 radical (unpaired) electrons. The molecule has 1 N–H and O–H groups in total. The van der Waals surface area contributed by atoms with Crippen LogP contribution in [0.5, 0.6) is 5.75 Å². The number of carbonyl (C=O) groups excluding carboxylic acids is 3. The van der Waals surface area contributed by atoms with Gasteiger partial charge in [0.2, 0.25) is 5.13 Å². The summed E-state index contributed by atoms with van der Waals surface area (Å²) >= 11 is 1.16. The number of fused-ring (bicyclic) bond motifs is 1. The Bertz CT molecular complexity index is 1020. The normalized spacial score (nSPS) is 12.8. The smallest absolute Gasteiger partial charge is 0.410 e. The number of amides is 3. The van der Waals surface area contributed by atoms with Crippen molar-refractivity contribution in [1.82, 2.24) is 15.1 Å². The first-order chi connectivity index (χ1) is 13.6. The van der Waals surface area contributed by atoms with Gasteiger partial charge in [-0.15, -0.1) is 10.2 Å². The Morgan fingerprint density at radius 1 is 0.964 bits per heavy atom. The molecule has 0 aliphatic carbocycles. The van der Waals surface area contributed by atoms with Gasteiger partial charge in [-0.3, -0.25) is 19.8 Å². The second-order valence-electron chi connectivity index (χ2n) is 5.89. The van der Waals surface area contributed by atoms with E-state index in [2.05, 4.69) is 15.5 Å². The predicted molar refractivity (Wildman–Crippen MR) is 102 cm³/mol. The number of nitrogens with one attached hydrogen (secondary N) is 1. The summed E-state index contributed by atoms with van der Waals surface area (Å²) in [4.78, 5) is 37.8. The Labute approximate surface area is 163 Å². The largest absolute Gasteiger partial charge is 0.418 e. The first-order valence-corrected chi connectivity index (χ1v) is 9.25. The highest BCUT2D eigenvalue weighted by Gasteiger charge is 2.34. The molecule has 0 unspecified atom stereocenters. The van der Waals surface area contributed by atoms with Crippen LogP contribution in [0.1, 0.15) is 25.7 Å². The zero-order valence-corrected chi connectivity index (χ0v) is 15.3. The molecule has 1 aromatic heterocycles. The fourth-order valence-electron chi connectivity index (χ4n) is 2.76. The molecule has 9 heteroatoms. The van der Waals surface area contributed by atoms with E-state index in [1.165, 1.54) is 4.90 Å². The van der Waals surface area contributed by atoms with Gasteiger partial charge in [0.15, 0.2) is 0 Å². The zero-order chi connectivity index (χ0) is 19.5. The van der Waals surface area contributed by atoms with Crippen LogP contribution >= 0.6 is 11.3 Å². The van der Waals surface area contributed by atoms with E-state index in [1.807, 2.05) is 6.07 Å². The molecule has 0 bridgehead atoms. The standard InChI is InChI=1S/C19H14N4O4S/c24-16-13-8-4-5-9-14(13)17(25)23(16)11-10-15-21-22-18(28-15)20-19(26)27-12-6-2-1-3-7-12/h1-9H,10-11H2,(H,20,22,26). The number of imide groups is 1. The van der Waals surface area contributed by atoms with E-state index in [-0.39, 0.29) is 23.5 Å². The minimum atomic E-state index is -0.672. The van der Waals surface area contributed by atoms with Gasteiger partial charge < -0.3 is 4.74 Å². The lowest BCUT2D eigenvalue weighted by Gasteiger charge is -2.12. The lowest BCUT2D eigenvalue weighted by Crippen LogP contribution is -2.31. The fraction of sp³-hybridized carbons (Fsp3) is 0.105. The maximum atomic E-state index is 12.4. The predicted octanol–water partition coefficient (Wildman–Crippen LogP) is 2.99. The number of hydrogen-bond acceptors (Lipinski definition) is 7. The molecule has 0 saturated heterocycles. The number of ether oxygens (including phenoxy) is 1. The van der Waals surface area contributed by atoms with E-state index >= 15 is 0 Å². The first kappa shape index (κ1) is 17.8. The van der Waals surface area contributed by atoms with Crippen LogP contribution in [-0.4, -0.2) is 39.5 Å². The molecule has 0 saturated carbocycles. The molecule has 140 valence electrons. The molecule has 0 spiro atoms. The van der Waals surface area contributed by atoms with Crippen molar-refractivity contribution in [2.75, 3.05) is 11.9 Å². The van der Waals surface area contributed by atoms with Gasteiger partial charge in [-0.05, 0) is 24.3 Å². The van der Waals surface area contributed by atoms with Crippen molar-refractivity contribution in [3.8, 4) is 5.75 Å². The quantitative estimate of drug-likeness (QED) is 0.668. The summed E-state index contributed by atoms with van der Waals surface area (Å²) in [7, 11) is 0. The van der Waals surface area contributed by atoms with Crippen LogP contribution in [0.4, 0.5) is 9.93 Å². The van der Waals surface area contributed by atoms with E-state index in [4.69, 9.17) is 4.74 Å². The van der Waals surface area contributed by atoms with Crippen LogP contribution in [0.25, 0.3) is 0 Å². The van der Waals surface area contributed by atoms with E-state index in [0.29, 0.717) is 28.3 Å². The molecule has 8 nitrogen and oxygen atoms in total. The second-order valence-corrected chi connectivity index (χ2v) is 6.95. The maximum Gasteiger partial charge on any atom is 0.418 e. The molecule has 3 amide bonds. The van der Waals surface area contributed by atoms with E-state index in [1.54, 1.807) is 48.5 Å². The van der Waals surface area contributed by atoms with Gasteiger partial charge in [-0.2, -0.15) is 0 Å². The summed E-state index contributed by atoms with van der Waals surface area (Å²) in [6.45, 7) is 0.190. The number of rotatable bonds is 5. The molecule has 3 aromatic rings. The maximum absolute atomic E-state index is 12.4. The van der Waals surface area contributed by atoms with E-state index in [0.717, 1.165) is 11.3 Å². The minimum Gasteiger partial charge on any atom is -0.410 e. The van der Waals surface area contributed by atoms with Crippen LogP contribution in [0.3, 0.4) is 0 Å². The number of anilines is 1. The Hall–Kier alpha value is -3.59. The minimum absolute atomic E-state index is 0.190. The van der Waals surface area contributed by atoms with E-state index < -0.39 is 6.09 Å². The summed E-state index contributed by atoms with van der Waals surface area (Å²) in [5.74, 6) is -0.208. The van der Waals surface area contributed by atoms with Gasteiger partial charge in [0, 0.05) is 13.0 Å². The third-order valence-corrected chi connectivity index (χ3v) is 4.96. The van der Waals surface area contributed by atoms with Gasteiger partial charge in [0.25, 0.3) is 11.8 Å². The SMILES string of the molecule is O=C(Nc1nnc(CCN2C(=O)c3ccccc3C2=O)s1)Oc1ccccc1. The molecule has 2 heterocycles. The monoisotopic (exact) mass is 394 g/mol. The average Bonchev–Trinajstić information content (AvgIpc) is 3.24. The van der Waals surface area contributed by atoms with Gasteiger partial charge in [0.1, 0.15) is 10.8 Å². The number of aromatic nitrogens is 2. The van der Waals surface area contributed by atoms with Crippen molar-refractivity contribution >= 4 is 34.4 Å². The Morgan fingerprint density at radius 2 is 1.61 bits per heavy atom. The van der Waals surface area contributed by atoms with Crippen molar-refractivity contribution in [2.24, 2.45) is 0 Å². The first-order valence-electron chi connectivity index (χ1n) is 8.43. The molecular weight excluding hydrogens is 380 g/mol. The number of nitrogens with zero attached hydrogens (tertiary/aromatic N) is 3. The summed E-state index contributed by atoms with van der Waals surface area (Å²) in [5, 5.41) is 11.2.